The molecule has 90 valence electrons. The smallest absolute Gasteiger partial charge is 0.314 e. The van der Waals surface area contributed by atoms with Crippen LogP contribution >= 0.6 is 0 Å². The van der Waals surface area contributed by atoms with Gasteiger partial charge in [0.2, 0.25) is 0 Å². The third-order valence-corrected chi connectivity index (χ3v) is 3.09. The average molecular weight is 230 g/mol. The van der Waals surface area contributed by atoms with Gasteiger partial charge in [-0.25, -0.2) is 4.79 Å². The average Bonchev–Trinajstić information content (AvgIpc) is 3.20. The molecule has 0 saturated heterocycles. The molecule has 1 saturated carbocycles. The number of nitrogens with one attached hydrogen (secondary N) is 1. The predicted octanol–water partition coefficient (Wildman–Crippen LogP) is 3.15. The zero-order chi connectivity index (χ0) is 12.3. The first-order chi connectivity index (χ1) is 8.18. The van der Waals surface area contributed by atoms with Crippen LogP contribution in [0.5, 0.6) is 0 Å². The molecule has 1 aliphatic rings. The van der Waals surface area contributed by atoms with Crippen LogP contribution in [0.1, 0.15) is 19.8 Å². The molecule has 2 amide bonds. The van der Waals surface area contributed by atoms with E-state index in [4.69, 9.17) is 0 Å². The molecule has 1 fully saturated rings. The predicted molar refractivity (Wildman–Crippen MR) is 69.9 cm³/mol. The summed E-state index contributed by atoms with van der Waals surface area (Å²) >= 11 is 0. The summed E-state index contributed by atoms with van der Waals surface area (Å²) in [5, 5.41) is 2.83. The van der Waals surface area contributed by atoms with Gasteiger partial charge in [0, 0.05) is 18.9 Å². The molecule has 1 aromatic carbocycles. The van der Waals surface area contributed by atoms with Gasteiger partial charge in [-0.05, 0) is 37.8 Å². The highest BCUT2D eigenvalue weighted by Crippen LogP contribution is 2.35. The molecular weight excluding hydrogens is 212 g/mol. The van der Waals surface area contributed by atoms with E-state index in [1.807, 2.05) is 36.5 Å². The monoisotopic (exact) mass is 230 g/mol. The summed E-state index contributed by atoms with van der Waals surface area (Å²) in [6.07, 6.45) is 4.35. The highest BCUT2D eigenvalue weighted by molar-refractivity contribution is 5.91. The SMILES string of the molecule is C/C(=C\NC(=O)N(C)c1ccccc1)C1CC1. The van der Waals surface area contributed by atoms with Gasteiger partial charge in [-0.2, -0.15) is 0 Å². The van der Waals surface area contributed by atoms with Crippen molar-refractivity contribution in [1.29, 1.82) is 0 Å². The van der Waals surface area contributed by atoms with E-state index < -0.39 is 0 Å². The van der Waals surface area contributed by atoms with Crippen molar-refractivity contribution in [3.63, 3.8) is 0 Å². The number of anilines is 1. The number of benzene rings is 1. The molecule has 0 atom stereocenters. The molecule has 0 radical (unpaired) electrons. The van der Waals surface area contributed by atoms with Crippen LogP contribution in [0.15, 0.2) is 42.1 Å². The summed E-state index contributed by atoms with van der Waals surface area (Å²) in [4.78, 5) is 13.5. The molecular formula is C14H18N2O. The molecule has 1 aliphatic carbocycles. The van der Waals surface area contributed by atoms with E-state index in [2.05, 4.69) is 12.2 Å². The Bertz CT molecular complexity index is 421. The molecule has 0 unspecified atom stereocenters. The number of urea groups is 1. The van der Waals surface area contributed by atoms with Gasteiger partial charge >= 0.3 is 6.03 Å². The third-order valence-electron chi connectivity index (χ3n) is 3.09. The van der Waals surface area contributed by atoms with Crippen molar-refractivity contribution in [1.82, 2.24) is 5.32 Å². The van der Waals surface area contributed by atoms with E-state index in [0.29, 0.717) is 5.92 Å². The van der Waals surface area contributed by atoms with Gasteiger partial charge in [0.1, 0.15) is 0 Å². The summed E-state index contributed by atoms with van der Waals surface area (Å²) in [6, 6.07) is 9.51. The van der Waals surface area contributed by atoms with Crippen molar-refractivity contribution in [3.05, 3.63) is 42.1 Å². The topological polar surface area (TPSA) is 32.3 Å². The minimum atomic E-state index is -0.101. The summed E-state index contributed by atoms with van der Waals surface area (Å²) < 4.78 is 0. The lowest BCUT2D eigenvalue weighted by Crippen LogP contribution is -2.34. The highest BCUT2D eigenvalue weighted by atomic mass is 16.2. The molecule has 3 nitrogen and oxygen atoms in total. The fourth-order valence-corrected chi connectivity index (χ4v) is 1.70. The fraction of sp³-hybridized carbons (Fsp3) is 0.357. The van der Waals surface area contributed by atoms with Crippen molar-refractivity contribution < 1.29 is 4.79 Å². The normalized spacial score (nSPS) is 15.5. The zero-order valence-electron chi connectivity index (χ0n) is 10.3. The standard InChI is InChI=1S/C14H18N2O/c1-11(12-8-9-12)10-15-14(17)16(2)13-6-4-3-5-7-13/h3-7,10,12H,8-9H2,1-2H3,(H,15,17)/b11-10+. The Morgan fingerprint density at radius 3 is 2.59 bits per heavy atom. The van der Waals surface area contributed by atoms with Crippen LogP contribution in [0.2, 0.25) is 0 Å². The Morgan fingerprint density at radius 1 is 1.35 bits per heavy atom. The molecule has 2 rings (SSSR count). The summed E-state index contributed by atoms with van der Waals surface area (Å²) in [5.74, 6) is 0.692. The van der Waals surface area contributed by atoms with Gasteiger partial charge in [-0.1, -0.05) is 23.8 Å². The summed E-state index contributed by atoms with van der Waals surface area (Å²) in [7, 11) is 1.77. The Hall–Kier alpha value is -1.77. The fourth-order valence-electron chi connectivity index (χ4n) is 1.70. The maximum atomic E-state index is 11.9. The molecule has 0 heterocycles. The lowest BCUT2D eigenvalue weighted by molar-refractivity contribution is 0.250. The van der Waals surface area contributed by atoms with Crippen LogP contribution in [0.25, 0.3) is 0 Å². The summed E-state index contributed by atoms with van der Waals surface area (Å²) in [5.41, 5.74) is 2.15. The van der Waals surface area contributed by atoms with E-state index >= 15 is 0 Å². The lowest BCUT2D eigenvalue weighted by atomic mass is 10.2. The maximum Gasteiger partial charge on any atom is 0.325 e. The molecule has 0 aromatic heterocycles. The van der Waals surface area contributed by atoms with Crippen LogP contribution in [0.4, 0.5) is 10.5 Å². The van der Waals surface area contributed by atoms with Crippen LogP contribution in [-0.2, 0) is 0 Å². The van der Waals surface area contributed by atoms with Crippen molar-refractivity contribution in [2.24, 2.45) is 5.92 Å². The van der Waals surface area contributed by atoms with E-state index in [1.165, 1.54) is 18.4 Å². The first kappa shape index (κ1) is 11.7. The number of hydrogen-bond donors (Lipinski definition) is 1. The van der Waals surface area contributed by atoms with Gasteiger partial charge in [-0.15, -0.1) is 0 Å². The molecule has 1 aromatic rings. The summed E-state index contributed by atoms with van der Waals surface area (Å²) in [6.45, 7) is 2.07. The van der Waals surface area contributed by atoms with E-state index in [9.17, 15) is 4.79 Å². The third kappa shape index (κ3) is 3.09. The van der Waals surface area contributed by atoms with E-state index in [-0.39, 0.29) is 6.03 Å². The zero-order valence-corrected chi connectivity index (χ0v) is 10.3. The van der Waals surface area contributed by atoms with Crippen LogP contribution < -0.4 is 10.2 Å². The van der Waals surface area contributed by atoms with Gasteiger partial charge in [0.25, 0.3) is 0 Å². The van der Waals surface area contributed by atoms with Crippen LogP contribution in [0.3, 0.4) is 0 Å². The molecule has 3 heteroatoms. The van der Waals surface area contributed by atoms with Crippen molar-refractivity contribution in [2.45, 2.75) is 19.8 Å². The number of para-hydroxylation sites is 1. The van der Waals surface area contributed by atoms with Gasteiger partial charge in [0.05, 0.1) is 0 Å². The Balaban J connectivity index is 1.93. The second-order valence-corrected chi connectivity index (χ2v) is 4.51. The number of rotatable bonds is 3. The van der Waals surface area contributed by atoms with Crippen molar-refractivity contribution in [2.75, 3.05) is 11.9 Å². The number of amides is 2. The maximum absolute atomic E-state index is 11.9. The number of allylic oxidation sites excluding steroid dienone is 1. The molecule has 0 aliphatic heterocycles. The minimum Gasteiger partial charge on any atom is -0.314 e. The second kappa shape index (κ2) is 5.04. The number of carbonyl (C=O) groups is 1. The molecule has 0 spiro atoms. The van der Waals surface area contributed by atoms with E-state index in [1.54, 1.807) is 11.9 Å². The van der Waals surface area contributed by atoms with E-state index in [0.717, 1.165) is 5.69 Å². The Kier molecular flexibility index (Phi) is 3.47. The lowest BCUT2D eigenvalue weighted by Gasteiger charge is -2.16. The minimum absolute atomic E-state index is 0.101. The number of hydrogen-bond acceptors (Lipinski definition) is 1. The van der Waals surface area contributed by atoms with Gasteiger partial charge < -0.3 is 5.32 Å². The van der Waals surface area contributed by atoms with Gasteiger partial charge in [0.15, 0.2) is 0 Å². The highest BCUT2D eigenvalue weighted by Gasteiger charge is 2.23. The molecule has 0 bridgehead atoms. The van der Waals surface area contributed by atoms with Crippen LogP contribution in [0, 0.1) is 5.92 Å². The quantitative estimate of drug-likeness (QED) is 0.850. The number of carbonyl (C=O) groups excluding carboxylic acids is 1. The van der Waals surface area contributed by atoms with Gasteiger partial charge in [-0.3, -0.25) is 4.90 Å². The van der Waals surface area contributed by atoms with Crippen molar-refractivity contribution in [3.8, 4) is 0 Å². The molecule has 1 N–H and O–H groups in total. The first-order valence-electron chi connectivity index (χ1n) is 5.94. The Labute approximate surface area is 102 Å². The van der Waals surface area contributed by atoms with Crippen LogP contribution in [-0.4, -0.2) is 13.1 Å². The van der Waals surface area contributed by atoms with Crippen molar-refractivity contribution >= 4 is 11.7 Å². The first-order valence-corrected chi connectivity index (χ1v) is 5.94. The molecule has 17 heavy (non-hydrogen) atoms. The largest absolute Gasteiger partial charge is 0.325 e. The Morgan fingerprint density at radius 2 is 2.00 bits per heavy atom. The second-order valence-electron chi connectivity index (χ2n) is 4.51. The number of nitrogens with zero attached hydrogens (tertiary/aromatic N) is 1.